The smallest absolute Gasteiger partial charge is 0.338 e. The molecule has 0 aliphatic carbocycles. The first-order chi connectivity index (χ1) is 17.2. The summed E-state index contributed by atoms with van der Waals surface area (Å²) in [6, 6.07) is 15.0. The van der Waals surface area contributed by atoms with Gasteiger partial charge in [-0.3, -0.25) is 29.8 Å². The predicted octanol–water partition coefficient (Wildman–Crippen LogP) is 3.58. The maximum absolute atomic E-state index is 12.3. The number of nitro groups is 2. The lowest BCUT2D eigenvalue weighted by Crippen LogP contribution is -2.16. The van der Waals surface area contributed by atoms with Crippen molar-refractivity contribution in [2.75, 3.05) is 13.2 Å². The molecule has 0 bridgehead atoms. The highest BCUT2D eigenvalue weighted by molar-refractivity contribution is 6.01. The highest BCUT2D eigenvalue weighted by Crippen LogP contribution is 2.16. The summed E-state index contributed by atoms with van der Waals surface area (Å²) in [5, 5.41) is 21.7. The van der Waals surface area contributed by atoms with E-state index in [2.05, 4.69) is 0 Å². The molecule has 0 aromatic heterocycles. The monoisotopic (exact) mass is 492 g/mol. The fourth-order valence-corrected chi connectivity index (χ4v) is 2.95. The Labute approximate surface area is 202 Å². The quantitative estimate of drug-likeness (QED) is 0.176. The summed E-state index contributed by atoms with van der Waals surface area (Å²) in [5.41, 5.74) is -0.766. The third-order valence-electron chi connectivity index (χ3n) is 4.76. The first-order valence-electron chi connectivity index (χ1n) is 10.2. The molecule has 0 N–H and O–H groups in total. The van der Waals surface area contributed by atoms with Gasteiger partial charge in [-0.25, -0.2) is 9.59 Å². The van der Waals surface area contributed by atoms with E-state index in [0.29, 0.717) is 0 Å². The molecule has 0 radical (unpaired) electrons. The molecule has 0 spiro atoms. The Kier molecular flexibility index (Phi) is 7.92. The zero-order valence-electron chi connectivity index (χ0n) is 18.3. The van der Waals surface area contributed by atoms with E-state index >= 15 is 0 Å². The molecule has 12 nitrogen and oxygen atoms in total. The molecule has 12 heteroatoms. The summed E-state index contributed by atoms with van der Waals surface area (Å²) in [4.78, 5) is 69.4. The summed E-state index contributed by atoms with van der Waals surface area (Å²) in [6.45, 7) is -1.38. The first-order valence-corrected chi connectivity index (χ1v) is 10.2. The summed E-state index contributed by atoms with van der Waals surface area (Å²) in [6.07, 6.45) is 0. The number of nitro benzene ring substituents is 2. The number of carbonyl (C=O) groups excluding carboxylic acids is 4. The van der Waals surface area contributed by atoms with E-state index < -0.39 is 46.6 Å². The molecule has 36 heavy (non-hydrogen) atoms. The molecule has 0 saturated carbocycles. The highest BCUT2D eigenvalue weighted by Gasteiger charge is 2.18. The number of rotatable bonds is 10. The second-order valence-corrected chi connectivity index (χ2v) is 7.19. The lowest BCUT2D eigenvalue weighted by Gasteiger charge is -2.07. The maximum atomic E-state index is 12.3. The van der Waals surface area contributed by atoms with Crippen molar-refractivity contribution in [1.82, 2.24) is 0 Å². The molecule has 0 unspecified atom stereocenters. The van der Waals surface area contributed by atoms with Gasteiger partial charge in [0.05, 0.1) is 21.0 Å². The second kappa shape index (κ2) is 11.2. The van der Waals surface area contributed by atoms with Gasteiger partial charge in [-0.15, -0.1) is 0 Å². The van der Waals surface area contributed by atoms with Crippen LogP contribution in [0.25, 0.3) is 0 Å². The lowest BCUT2D eigenvalue weighted by atomic mass is 10.1. The van der Waals surface area contributed by atoms with Crippen molar-refractivity contribution in [1.29, 1.82) is 0 Å². The van der Waals surface area contributed by atoms with Crippen molar-refractivity contribution in [2.45, 2.75) is 0 Å². The molecule has 0 heterocycles. The molecule has 0 saturated heterocycles. The summed E-state index contributed by atoms with van der Waals surface area (Å²) < 4.78 is 9.89. The Bertz CT molecular complexity index is 1280. The first kappa shape index (κ1) is 25.4. The Hall–Kier alpha value is -5.26. The van der Waals surface area contributed by atoms with Crippen LogP contribution >= 0.6 is 0 Å². The number of Topliss-reactive ketones (excluding diaryl/α,β-unsaturated/α-hetero) is 2. The van der Waals surface area contributed by atoms with Crippen molar-refractivity contribution < 1.29 is 38.5 Å². The Morgan fingerprint density at radius 3 is 1.33 bits per heavy atom. The van der Waals surface area contributed by atoms with E-state index in [9.17, 15) is 39.4 Å². The average Bonchev–Trinajstić information content (AvgIpc) is 2.90. The fraction of sp³-hybridized carbons (Fsp3) is 0.0833. The molecular formula is C24H16N2O10. The Morgan fingerprint density at radius 2 is 0.944 bits per heavy atom. The van der Waals surface area contributed by atoms with Crippen LogP contribution in [0, 0.1) is 20.2 Å². The third kappa shape index (κ3) is 6.41. The standard InChI is InChI=1S/C24H16N2O10/c27-21(15-4-2-8-19(11-15)25(31)32)13-35-23(29)17-6-1-7-18(10-17)24(30)36-14-22(28)16-5-3-9-20(12-16)26(33)34/h1-12H,13-14H2. The summed E-state index contributed by atoms with van der Waals surface area (Å²) in [7, 11) is 0. The predicted molar refractivity (Wildman–Crippen MR) is 122 cm³/mol. The molecule has 0 atom stereocenters. The summed E-state index contributed by atoms with van der Waals surface area (Å²) in [5.74, 6) is -3.20. The number of non-ortho nitro benzene ring substituents is 2. The van der Waals surface area contributed by atoms with Gasteiger partial charge in [-0.1, -0.05) is 30.3 Å². The fourth-order valence-electron chi connectivity index (χ4n) is 2.95. The van der Waals surface area contributed by atoms with E-state index in [0.717, 1.165) is 18.2 Å². The van der Waals surface area contributed by atoms with Crippen molar-refractivity contribution >= 4 is 34.9 Å². The minimum absolute atomic E-state index is 0.0113. The van der Waals surface area contributed by atoms with Crippen LogP contribution in [0.1, 0.15) is 41.4 Å². The van der Waals surface area contributed by atoms with Gasteiger partial charge in [-0.2, -0.15) is 0 Å². The van der Waals surface area contributed by atoms with Crippen LogP contribution in [0.2, 0.25) is 0 Å². The Morgan fingerprint density at radius 1 is 0.583 bits per heavy atom. The van der Waals surface area contributed by atoms with Gasteiger partial charge in [-0.05, 0) is 18.2 Å². The second-order valence-electron chi connectivity index (χ2n) is 7.19. The molecule has 0 amide bonds. The normalized spacial score (nSPS) is 10.2. The topological polar surface area (TPSA) is 173 Å². The molecule has 3 rings (SSSR count). The number of esters is 2. The molecule has 182 valence electrons. The van der Waals surface area contributed by atoms with Crippen LogP contribution in [0.3, 0.4) is 0 Å². The highest BCUT2D eigenvalue weighted by atomic mass is 16.6. The average molecular weight is 492 g/mol. The van der Waals surface area contributed by atoms with Crippen molar-refractivity contribution in [3.8, 4) is 0 Å². The van der Waals surface area contributed by atoms with E-state index in [-0.39, 0.29) is 33.6 Å². The number of hydrogen-bond donors (Lipinski definition) is 0. The number of benzene rings is 3. The van der Waals surface area contributed by atoms with Gasteiger partial charge in [0, 0.05) is 35.4 Å². The van der Waals surface area contributed by atoms with E-state index in [1.807, 2.05) is 0 Å². The van der Waals surface area contributed by atoms with Crippen LogP contribution in [0.5, 0.6) is 0 Å². The summed E-state index contributed by atoms with van der Waals surface area (Å²) >= 11 is 0. The molecule has 0 fully saturated rings. The largest absolute Gasteiger partial charge is 0.454 e. The van der Waals surface area contributed by atoms with E-state index in [1.165, 1.54) is 54.6 Å². The van der Waals surface area contributed by atoms with Crippen LogP contribution < -0.4 is 0 Å². The van der Waals surface area contributed by atoms with Gasteiger partial charge < -0.3 is 9.47 Å². The van der Waals surface area contributed by atoms with E-state index in [4.69, 9.17) is 9.47 Å². The van der Waals surface area contributed by atoms with Crippen molar-refractivity contribution in [2.24, 2.45) is 0 Å². The van der Waals surface area contributed by atoms with Crippen LogP contribution in [-0.2, 0) is 9.47 Å². The zero-order chi connectivity index (χ0) is 26.2. The number of nitrogens with zero attached hydrogens (tertiary/aromatic N) is 2. The molecule has 3 aromatic carbocycles. The lowest BCUT2D eigenvalue weighted by molar-refractivity contribution is -0.385. The number of ether oxygens (including phenoxy) is 2. The van der Waals surface area contributed by atoms with Crippen molar-refractivity contribution in [3.05, 3.63) is 115 Å². The zero-order valence-corrected chi connectivity index (χ0v) is 18.3. The molecule has 3 aromatic rings. The van der Waals surface area contributed by atoms with Gasteiger partial charge >= 0.3 is 11.9 Å². The third-order valence-corrected chi connectivity index (χ3v) is 4.76. The molecule has 0 aliphatic heterocycles. The van der Waals surface area contributed by atoms with Crippen LogP contribution in [0.4, 0.5) is 11.4 Å². The minimum Gasteiger partial charge on any atom is -0.454 e. The number of ketones is 2. The SMILES string of the molecule is O=C(COC(=O)c1cccc(C(=O)OCC(=O)c2cccc([N+](=O)[O-])c2)c1)c1cccc([N+](=O)[O-])c1. The van der Waals surface area contributed by atoms with Gasteiger partial charge in [0.15, 0.2) is 13.2 Å². The van der Waals surface area contributed by atoms with Crippen LogP contribution in [0.15, 0.2) is 72.8 Å². The van der Waals surface area contributed by atoms with E-state index in [1.54, 1.807) is 0 Å². The number of hydrogen-bond acceptors (Lipinski definition) is 10. The van der Waals surface area contributed by atoms with Gasteiger partial charge in [0.2, 0.25) is 11.6 Å². The minimum atomic E-state index is -0.934. The van der Waals surface area contributed by atoms with Crippen LogP contribution in [-0.4, -0.2) is 46.6 Å². The van der Waals surface area contributed by atoms with Gasteiger partial charge in [0.1, 0.15) is 0 Å². The maximum Gasteiger partial charge on any atom is 0.338 e. The van der Waals surface area contributed by atoms with Gasteiger partial charge in [0.25, 0.3) is 11.4 Å². The van der Waals surface area contributed by atoms with Crippen molar-refractivity contribution in [3.63, 3.8) is 0 Å². The Balaban J connectivity index is 1.59. The molecular weight excluding hydrogens is 476 g/mol. The number of carbonyl (C=O) groups is 4. The molecule has 0 aliphatic rings.